The predicted molar refractivity (Wildman–Crippen MR) is 74.3 cm³/mol. The number of hydrogen-bond acceptors (Lipinski definition) is 1. The third-order valence-electron chi connectivity index (χ3n) is 3.44. The van der Waals surface area contributed by atoms with E-state index in [-0.39, 0.29) is 5.91 Å². The number of likely N-dealkylation sites (N-methyl/N-ethyl adjacent to an activating group) is 1. The first-order chi connectivity index (χ1) is 8.56. The quantitative estimate of drug-likeness (QED) is 0.760. The molecule has 0 aliphatic heterocycles. The van der Waals surface area contributed by atoms with Crippen LogP contribution in [0.1, 0.15) is 11.3 Å². The summed E-state index contributed by atoms with van der Waals surface area (Å²) in [5, 5.41) is 1.24. The molecule has 0 fully saturated rings. The molecule has 0 radical (unpaired) electrons. The van der Waals surface area contributed by atoms with E-state index in [1.54, 1.807) is 11.9 Å². The van der Waals surface area contributed by atoms with Crippen molar-refractivity contribution in [3.05, 3.63) is 48.2 Å². The van der Waals surface area contributed by atoms with Gasteiger partial charge >= 0.3 is 0 Å². The van der Waals surface area contributed by atoms with E-state index >= 15 is 0 Å². The number of carbonyl (C=O) groups is 1. The van der Waals surface area contributed by atoms with Crippen LogP contribution in [-0.2, 0) is 18.4 Å². The smallest absolute Gasteiger partial charge is 0.246 e. The highest BCUT2D eigenvalue weighted by Gasteiger charge is 2.14. The Morgan fingerprint density at radius 2 is 2.11 bits per heavy atom. The van der Waals surface area contributed by atoms with Gasteiger partial charge in [0.1, 0.15) is 0 Å². The fourth-order valence-corrected chi connectivity index (χ4v) is 2.32. The van der Waals surface area contributed by atoms with Gasteiger partial charge in [0, 0.05) is 30.7 Å². The first-order valence-corrected chi connectivity index (χ1v) is 5.96. The fourth-order valence-electron chi connectivity index (χ4n) is 2.32. The fraction of sp³-hybridized carbons (Fsp3) is 0.267. The van der Waals surface area contributed by atoms with Crippen LogP contribution in [0.15, 0.2) is 36.9 Å². The highest BCUT2D eigenvalue weighted by atomic mass is 16.2. The standard InChI is InChI=1S/C15H18N2O/c1-5-15(18)16(3)10-14-11(2)12-8-6-7-9-13(12)17(14)4/h5-9H,1,10H2,2-4H3. The highest BCUT2D eigenvalue weighted by molar-refractivity contribution is 5.88. The lowest BCUT2D eigenvalue weighted by Crippen LogP contribution is -2.25. The van der Waals surface area contributed by atoms with Crippen LogP contribution in [-0.4, -0.2) is 22.4 Å². The first kappa shape index (κ1) is 12.4. The molecule has 0 unspecified atom stereocenters. The van der Waals surface area contributed by atoms with Crippen LogP contribution in [0.5, 0.6) is 0 Å². The summed E-state index contributed by atoms with van der Waals surface area (Å²) in [5.74, 6) is -0.0559. The summed E-state index contributed by atoms with van der Waals surface area (Å²) in [6, 6.07) is 8.28. The van der Waals surface area contributed by atoms with E-state index in [1.165, 1.54) is 22.5 Å². The molecule has 2 rings (SSSR count). The second-order valence-corrected chi connectivity index (χ2v) is 4.55. The number of nitrogens with zero attached hydrogens (tertiary/aromatic N) is 2. The molecule has 1 aromatic heterocycles. The normalized spacial score (nSPS) is 10.6. The summed E-state index contributed by atoms with van der Waals surface area (Å²) < 4.78 is 2.15. The summed E-state index contributed by atoms with van der Waals surface area (Å²) in [6.07, 6.45) is 1.35. The number of fused-ring (bicyclic) bond motifs is 1. The number of aryl methyl sites for hydroxylation is 2. The SMILES string of the molecule is C=CC(=O)N(C)Cc1c(C)c2ccccc2n1C. The van der Waals surface area contributed by atoms with Gasteiger partial charge in [0.15, 0.2) is 0 Å². The van der Waals surface area contributed by atoms with E-state index in [9.17, 15) is 4.79 Å². The molecule has 94 valence electrons. The minimum absolute atomic E-state index is 0.0559. The summed E-state index contributed by atoms with van der Waals surface area (Å²) in [4.78, 5) is 13.2. The molecule has 0 saturated carbocycles. The molecular formula is C15H18N2O. The van der Waals surface area contributed by atoms with E-state index in [4.69, 9.17) is 0 Å². The molecule has 3 nitrogen and oxygen atoms in total. The van der Waals surface area contributed by atoms with Crippen LogP contribution in [0.2, 0.25) is 0 Å². The van der Waals surface area contributed by atoms with Crippen molar-refractivity contribution in [2.45, 2.75) is 13.5 Å². The van der Waals surface area contributed by atoms with Gasteiger partial charge in [0.05, 0.1) is 6.54 Å². The van der Waals surface area contributed by atoms with Crippen LogP contribution in [0.25, 0.3) is 10.9 Å². The Morgan fingerprint density at radius 3 is 2.72 bits per heavy atom. The van der Waals surface area contributed by atoms with E-state index in [2.05, 4.69) is 30.2 Å². The van der Waals surface area contributed by atoms with Crippen LogP contribution < -0.4 is 0 Å². The topological polar surface area (TPSA) is 25.2 Å². The summed E-state index contributed by atoms with van der Waals surface area (Å²) in [6.45, 7) is 6.21. The molecule has 0 aliphatic rings. The van der Waals surface area contributed by atoms with Crippen LogP contribution >= 0.6 is 0 Å². The third kappa shape index (κ3) is 1.92. The number of rotatable bonds is 3. The van der Waals surface area contributed by atoms with Gasteiger partial charge < -0.3 is 9.47 Å². The number of hydrogen-bond donors (Lipinski definition) is 0. The lowest BCUT2D eigenvalue weighted by atomic mass is 10.1. The molecule has 2 aromatic rings. The number of para-hydroxylation sites is 1. The van der Waals surface area contributed by atoms with Gasteiger partial charge in [-0.2, -0.15) is 0 Å². The molecule has 1 heterocycles. The van der Waals surface area contributed by atoms with Crippen molar-refractivity contribution in [3.63, 3.8) is 0 Å². The van der Waals surface area contributed by atoms with Crippen molar-refractivity contribution in [2.24, 2.45) is 7.05 Å². The second kappa shape index (κ2) is 4.69. The lowest BCUT2D eigenvalue weighted by Gasteiger charge is -2.16. The van der Waals surface area contributed by atoms with Crippen molar-refractivity contribution in [1.29, 1.82) is 0 Å². The highest BCUT2D eigenvalue weighted by Crippen LogP contribution is 2.25. The largest absolute Gasteiger partial charge is 0.346 e. The Kier molecular flexibility index (Phi) is 3.24. The molecule has 0 saturated heterocycles. The monoisotopic (exact) mass is 242 g/mol. The van der Waals surface area contributed by atoms with Crippen molar-refractivity contribution in [3.8, 4) is 0 Å². The van der Waals surface area contributed by atoms with Gasteiger partial charge in [-0.3, -0.25) is 4.79 Å². The third-order valence-corrected chi connectivity index (χ3v) is 3.44. The molecule has 1 amide bonds. The molecule has 0 bridgehead atoms. The number of aromatic nitrogens is 1. The van der Waals surface area contributed by atoms with Gasteiger partial charge in [-0.15, -0.1) is 0 Å². The van der Waals surface area contributed by atoms with Gasteiger partial charge in [0.25, 0.3) is 0 Å². The van der Waals surface area contributed by atoms with Crippen molar-refractivity contribution in [2.75, 3.05) is 7.05 Å². The minimum atomic E-state index is -0.0559. The first-order valence-electron chi connectivity index (χ1n) is 5.96. The van der Waals surface area contributed by atoms with E-state index in [0.717, 1.165) is 5.69 Å². The average molecular weight is 242 g/mol. The zero-order valence-electron chi connectivity index (χ0n) is 11.1. The van der Waals surface area contributed by atoms with Crippen molar-refractivity contribution >= 4 is 16.8 Å². The number of amides is 1. The van der Waals surface area contributed by atoms with E-state index in [0.29, 0.717) is 6.54 Å². The van der Waals surface area contributed by atoms with Crippen LogP contribution in [0, 0.1) is 6.92 Å². The lowest BCUT2D eigenvalue weighted by molar-refractivity contribution is -0.125. The Morgan fingerprint density at radius 1 is 1.44 bits per heavy atom. The molecule has 18 heavy (non-hydrogen) atoms. The van der Waals surface area contributed by atoms with Gasteiger partial charge in [0.2, 0.25) is 5.91 Å². The minimum Gasteiger partial charge on any atom is -0.346 e. The van der Waals surface area contributed by atoms with Crippen molar-refractivity contribution in [1.82, 2.24) is 9.47 Å². The summed E-state index contributed by atoms with van der Waals surface area (Å²) in [5.41, 5.74) is 3.59. The maximum absolute atomic E-state index is 11.6. The zero-order chi connectivity index (χ0) is 13.3. The van der Waals surface area contributed by atoms with E-state index < -0.39 is 0 Å². The van der Waals surface area contributed by atoms with Gasteiger partial charge in [-0.25, -0.2) is 0 Å². The summed E-state index contributed by atoms with van der Waals surface area (Å²) in [7, 11) is 3.83. The van der Waals surface area contributed by atoms with Gasteiger partial charge in [-0.1, -0.05) is 24.8 Å². The predicted octanol–water partition coefficient (Wildman–Crippen LogP) is 2.63. The molecule has 1 aromatic carbocycles. The molecule has 0 atom stereocenters. The maximum atomic E-state index is 11.6. The van der Waals surface area contributed by atoms with Gasteiger partial charge in [-0.05, 0) is 24.6 Å². The Balaban J connectivity index is 2.45. The molecular weight excluding hydrogens is 224 g/mol. The molecule has 0 spiro atoms. The summed E-state index contributed by atoms with van der Waals surface area (Å²) >= 11 is 0. The van der Waals surface area contributed by atoms with Crippen LogP contribution in [0.4, 0.5) is 0 Å². The molecule has 0 N–H and O–H groups in total. The van der Waals surface area contributed by atoms with Crippen molar-refractivity contribution < 1.29 is 4.79 Å². The second-order valence-electron chi connectivity index (χ2n) is 4.55. The Hall–Kier alpha value is -2.03. The maximum Gasteiger partial charge on any atom is 0.246 e. The van der Waals surface area contributed by atoms with Crippen LogP contribution in [0.3, 0.4) is 0 Å². The molecule has 3 heteroatoms. The Labute approximate surface area is 107 Å². The zero-order valence-corrected chi connectivity index (χ0v) is 11.1. The average Bonchev–Trinajstić information content (AvgIpc) is 2.63. The number of carbonyl (C=O) groups excluding carboxylic acids is 1. The Bertz CT molecular complexity index is 571. The number of benzene rings is 1. The van der Waals surface area contributed by atoms with E-state index in [1.807, 2.05) is 19.2 Å². The molecule has 0 aliphatic carbocycles.